The van der Waals surface area contributed by atoms with Gasteiger partial charge in [-0.2, -0.15) is 0 Å². The molecule has 0 fully saturated rings. The largest absolute Gasteiger partial charge is 0.495 e. The Kier molecular flexibility index (Phi) is 5.32. The van der Waals surface area contributed by atoms with Crippen molar-refractivity contribution in [1.82, 2.24) is 0 Å². The second-order valence-electron chi connectivity index (χ2n) is 6.60. The Morgan fingerprint density at radius 3 is 2.57 bits per heavy atom. The summed E-state index contributed by atoms with van der Waals surface area (Å²) in [7, 11) is 1.53. The van der Waals surface area contributed by atoms with Crippen LogP contribution in [0.25, 0.3) is 5.57 Å². The number of aryl methyl sites for hydroxylation is 1. The van der Waals surface area contributed by atoms with Crippen molar-refractivity contribution in [3.05, 3.63) is 80.9 Å². The maximum atomic E-state index is 13.6. The third-order valence-corrected chi connectivity index (χ3v) is 5.80. The van der Waals surface area contributed by atoms with Gasteiger partial charge in [-0.3, -0.25) is 9.59 Å². The van der Waals surface area contributed by atoms with Crippen LogP contribution in [0.5, 0.6) is 5.75 Å². The fourth-order valence-electron chi connectivity index (χ4n) is 3.21. The van der Waals surface area contributed by atoms with Gasteiger partial charge in [0.15, 0.2) is 0 Å². The molecule has 2 amide bonds. The molecule has 1 aliphatic rings. The van der Waals surface area contributed by atoms with E-state index < -0.39 is 17.6 Å². The lowest BCUT2D eigenvalue weighted by molar-refractivity contribution is -0.120. The lowest BCUT2D eigenvalue weighted by Gasteiger charge is -2.16. The molecule has 0 unspecified atom stereocenters. The van der Waals surface area contributed by atoms with Crippen LogP contribution < -0.4 is 15.0 Å². The number of benzene rings is 2. The normalized spacial score (nSPS) is 13.9. The van der Waals surface area contributed by atoms with Gasteiger partial charge >= 0.3 is 0 Å². The van der Waals surface area contributed by atoms with Gasteiger partial charge in [0.05, 0.1) is 29.1 Å². The van der Waals surface area contributed by atoms with Gasteiger partial charge in [-0.25, -0.2) is 9.29 Å². The van der Waals surface area contributed by atoms with Crippen molar-refractivity contribution in [2.24, 2.45) is 0 Å². The molecule has 1 aliphatic heterocycles. The van der Waals surface area contributed by atoms with Gasteiger partial charge in [0.25, 0.3) is 11.8 Å². The molecule has 1 N–H and O–H groups in total. The quantitative estimate of drug-likeness (QED) is 0.548. The molecule has 8 heteroatoms. The van der Waals surface area contributed by atoms with E-state index in [0.29, 0.717) is 16.3 Å². The zero-order valence-corrected chi connectivity index (χ0v) is 17.6. The number of halogens is 2. The van der Waals surface area contributed by atoms with E-state index in [0.717, 1.165) is 16.5 Å². The predicted octanol–water partition coefficient (Wildman–Crippen LogP) is 5.25. The van der Waals surface area contributed by atoms with Crippen LogP contribution in [0.15, 0.2) is 59.6 Å². The SMILES string of the molecule is COc1ccc(C)cc1NC1=C(c2cccs2)C(=O)N(c2ccc(F)c(Cl)c2)C1=O. The van der Waals surface area contributed by atoms with Crippen molar-refractivity contribution in [1.29, 1.82) is 0 Å². The summed E-state index contributed by atoms with van der Waals surface area (Å²) in [5.74, 6) is -1.18. The molecule has 1 aromatic heterocycles. The van der Waals surface area contributed by atoms with Crippen LogP contribution in [-0.2, 0) is 9.59 Å². The van der Waals surface area contributed by atoms with Crippen molar-refractivity contribution in [2.45, 2.75) is 6.92 Å². The number of nitrogens with zero attached hydrogens (tertiary/aromatic N) is 1. The van der Waals surface area contributed by atoms with Gasteiger partial charge in [0.2, 0.25) is 0 Å². The zero-order valence-electron chi connectivity index (χ0n) is 16.0. The van der Waals surface area contributed by atoms with Crippen LogP contribution in [0.4, 0.5) is 15.8 Å². The average Bonchev–Trinajstić information content (AvgIpc) is 3.32. The van der Waals surface area contributed by atoms with E-state index in [1.165, 1.54) is 30.6 Å². The van der Waals surface area contributed by atoms with E-state index >= 15 is 0 Å². The van der Waals surface area contributed by atoms with Gasteiger partial charge in [-0.15, -0.1) is 11.3 Å². The van der Waals surface area contributed by atoms with E-state index in [2.05, 4.69) is 5.32 Å². The Hall–Kier alpha value is -3.16. The number of ether oxygens (including phenoxy) is 1. The molecule has 4 rings (SSSR count). The minimum Gasteiger partial charge on any atom is -0.495 e. The Labute approximate surface area is 181 Å². The van der Waals surface area contributed by atoms with E-state index in [-0.39, 0.29) is 22.0 Å². The van der Waals surface area contributed by atoms with Gasteiger partial charge < -0.3 is 10.1 Å². The van der Waals surface area contributed by atoms with Crippen LogP contribution in [0.2, 0.25) is 5.02 Å². The Bertz CT molecular complexity index is 1190. The first kappa shape index (κ1) is 20.1. The second-order valence-corrected chi connectivity index (χ2v) is 7.96. The Morgan fingerprint density at radius 1 is 1.10 bits per heavy atom. The summed E-state index contributed by atoms with van der Waals surface area (Å²) >= 11 is 7.22. The summed E-state index contributed by atoms with van der Waals surface area (Å²) in [5.41, 5.74) is 2.06. The van der Waals surface area contributed by atoms with E-state index in [1.54, 1.807) is 18.2 Å². The number of rotatable bonds is 5. The van der Waals surface area contributed by atoms with Crippen LogP contribution in [0, 0.1) is 12.7 Å². The molecule has 0 spiro atoms. The molecule has 0 radical (unpaired) electrons. The lowest BCUT2D eigenvalue weighted by atomic mass is 10.1. The summed E-state index contributed by atoms with van der Waals surface area (Å²) in [5, 5.41) is 4.74. The highest BCUT2D eigenvalue weighted by Crippen LogP contribution is 2.38. The number of imide groups is 1. The summed E-state index contributed by atoms with van der Waals surface area (Å²) in [6, 6.07) is 12.8. The molecular formula is C22H16ClFN2O3S. The summed E-state index contributed by atoms with van der Waals surface area (Å²) < 4.78 is 19.0. The number of methoxy groups -OCH3 is 1. The molecule has 0 aliphatic carbocycles. The van der Waals surface area contributed by atoms with Crippen molar-refractivity contribution in [3.63, 3.8) is 0 Å². The number of carbonyl (C=O) groups is 2. The first-order chi connectivity index (χ1) is 14.4. The molecule has 152 valence electrons. The van der Waals surface area contributed by atoms with Crippen molar-refractivity contribution >= 4 is 51.7 Å². The van der Waals surface area contributed by atoms with E-state index in [9.17, 15) is 14.0 Å². The fraction of sp³-hybridized carbons (Fsp3) is 0.0909. The highest BCUT2D eigenvalue weighted by atomic mass is 35.5. The van der Waals surface area contributed by atoms with Crippen LogP contribution in [-0.4, -0.2) is 18.9 Å². The van der Waals surface area contributed by atoms with Crippen molar-refractivity contribution < 1.29 is 18.7 Å². The van der Waals surface area contributed by atoms with E-state index in [1.807, 2.05) is 24.4 Å². The molecule has 0 atom stereocenters. The molecular weight excluding hydrogens is 427 g/mol. The van der Waals surface area contributed by atoms with Crippen LogP contribution >= 0.6 is 22.9 Å². The number of anilines is 2. The van der Waals surface area contributed by atoms with Crippen LogP contribution in [0.1, 0.15) is 10.4 Å². The molecule has 0 saturated carbocycles. The lowest BCUT2D eigenvalue weighted by Crippen LogP contribution is -2.32. The maximum absolute atomic E-state index is 13.6. The molecule has 3 aromatic rings. The molecule has 0 bridgehead atoms. The van der Waals surface area contributed by atoms with Crippen molar-refractivity contribution in [3.8, 4) is 5.75 Å². The van der Waals surface area contributed by atoms with Gasteiger partial charge in [-0.1, -0.05) is 23.7 Å². The maximum Gasteiger partial charge on any atom is 0.282 e. The minimum atomic E-state index is -0.631. The predicted molar refractivity (Wildman–Crippen MR) is 116 cm³/mol. The fourth-order valence-corrected chi connectivity index (χ4v) is 4.15. The highest BCUT2D eigenvalue weighted by Gasteiger charge is 2.41. The molecule has 5 nitrogen and oxygen atoms in total. The summed E-state index contributed by atoms with van der Waals surface area (Å²) in [4.78, 5) is 28.2. The molecule has 2 aromatic carbocycles. The number of carbonyl (C=O) groups excluding carboxylic acids is 2. The standard InChI is InChI=1S/C22H16ClFN2O3S/c1-12-5-8-17(29-2)16(10-12)25-20-19(18-4-3-9-30-18)21(27)26(22(20)28)13-6-7-15(24)14(23)11-13/h3-11,25H,1-2H3. The van der Waals surface area contributed by atoms with Crippen LogP contribution in [0.3, 0.4) is 0 Å². The monoisotopic (exact) mass is 442 g/mol. The minimum absolute atomic E-state index is 0.117. The molecule has 30 heavy (non-hydrogen) atoms. The molecule has 0 saturated heterocycles. The zero-order chi connectivity index (χ0) is 21.4. The third-order valence-electron chi connectivity index (χ3n) is 4.63. The number of amides is 2. The summed E-state index contributed by atoms with van der Waals surface area (Å²) in [6.45, 7) is 1.91. The summed E-state index contributed by atoms with van der Waals surface area (Å²) in [6.07, 6.45) is 0. The Morgan fingerprint density at radius 2 is 1.90 bits per heavy atom. The molecule has 2 heterocycles. The number of nitrogens with one attached hydrogen (secondary N) is 1. The highest BCUT2D eigenvalue weighted by molar-refractivity contribution is 7.11. The van der Waals surface area contributed by atoms with Gasteiger partial charge in [0, 0.05) is 4.88 Å². The van der Waals surface area contributed by atoms with Gasteiger partial charge in [0.1, 0.15) is 17.3 Å². The van der Waals surface area contributed by atoms with E-state index in [4.69, 9.17) is 16.3 Å². The number of hydrogen-bond acceptors (Lipinski definition) is 5. The third kappa shape index (κ3) is 3.46. The topological polar surface area (TPSA) is 58.6 Å². The number of hydrogen-bond donors (Lipinski definition) is 1. The first-order valence-corrected chi connectivity index (χ1v) is 10.2. The Balaban J connectivity index is 1.83. The van der Waals surface area contributed by atoms with Gasteiger partial charge in [-0.05, 0) is 54.3 Å². The van der Waals surface area contributed by atoms with Crippen molar-refractivity contribution in [2.75, 3.05) is 17.3 Å². The smallest absolute Gasteiger partial charge is 0.282 e. The average molecular weight is 443 g/mol. The first-order valence-electron chi connectivity index (χ1n) is 8.94. The number of thiophene rings is 1. The second kappa shape index (κ2) is 7.93.